The minimum atomic E-state index is -0.335. The van der Waals surface area contributed by atoms with Crippen molar-refractivity contribution in [2.45, 2.75) is 26.8 Å². The highest BCUT2D eigenvalue weighted by molar-refractivity contribution is 7.21. The molecule has 0 fully saturated rings. The highest BCUT2D eigenvalue weighted by Gasteiger charge is 2.24. The predicted octanol–water partition coefficient (Wildman–Crippen LogP) is 6.94. The molecule has 0 aliphatic carbocycles. The number of aryl methyl sites for hydroxylation is 2. The molecule has 0 saturated heterocycles. The quantitative estimate of drug-likeness (QED) is 0.223. The molecule has 5 N–H and O–H groups in total. The monoisotopic (exact) mass is 530 g/mol. The van der Waals surface area contributed by atoms with Crippen molar-refractivity contribution >= 4 is 66.5 Å². The van der Waals surface area contributed by atoms with Crippen LogP contribution in [0.15, 0.2) is 66.7 Å². The fourth-order valence-electron chi connectivity index (χ4n) is 5.31. The molecule has 7 nitrogen and oxygen atoms in total. The Bertz CT molecular complexity index is 1960. The lowest BCUT2D eigenvalue weighted by Gasteiger charge is -2.10. The summed E-state index contributed by atoms with van der Waals surface area (Å²) in [5, 5.41) is 15.7. The number of thiophene rings is 1. The predicted molar refractivity (Wildman–Crippen MR) is 161 cm³/mol. The molecule has 0 unspecified atom stereocenters. The lowest BCUT2D eigenvalue weighted by molar-refractivity contribution is 0.103. The summed E-state index contributed by atoms with van der Waals surface area (Å²) in [5.41, 5.74) is 18.8. The van der Waals surface area contributed by atoms with Gasteiger partial charge in [0, 0.05) is 45.0 Å². The van der Waals surface area contributed by atoms with E-state index in [4.69, 9.17) is 11.5 Å². The van der Waals surface area contributed by atoms with Gasteiger partial charge in [0.25, 0.3) is 5.91 Å². The van der Waals surface area contributed by atoms with Gasteiger partial charge in [-0.2, -0.15) is 5.26 Å². The van der Waals surface area contributed by atoms with Gasteiger partial charge in [-0.1, -0.05) is 49.4 Å². The number of anilines is 3. The van der Waals surface area contributed by atoms with E-state index in [1.54, 1.807) is 0 Å². The number of hydrogen-bond donors (Lipinski definition) is 3. The normalized spacial score (nSPS) is 11.3. The molecule has 8 heteroatoms. The summed E-state index contributed by atoms with van der Waals surface area (Å²) >= 11 is 1.17. The molecular weight excluding hydrogens is 504 g/mol. The number of nitrogens with one attached hydrogen (secondary N) is 1. The van der Waals surface area contributed by atoms with Gasteiger partial charge in [-0.15, -0.1) is 11.3 Å². The molecule has 3 aromatic heterocycles. The van der Waals surface area contributed by atoms with Gasteiger partial charge in [-0.25, -0.2) is 4.98 Å². The first kappa shape index (κ1) is 24.5. The second-order valence-corrected chi connectivity index (χ2v) is 10.4. The van der Waals surface area contributed by atoms with E-state index in [-0.39, 0.29) is 23.0 Å². The Morgan fingerprint density at radius 3 is 2.49 bits per heavy atom. The lowest BCUT2D eigenvalue weighted by atomic mass is 9.96. The Morgan fingerprint density at radius 2 is 1.77 bits per heavy atom. The van der Waals surface area contributed by atoms with Gasteiger partial charge in [-0.3, -0.25) is 4.79 Å². The van der Waals surface area contributed by atoms with Crippen molar-refractivity contribution in [1.82, 2.24) is 9.55 Å². The van der Waals surface area contributed by atoms with Crippen LogP contribution >= 0.6 is 11.3 Å². The molecule has 0 aliphatic rings. The Hall–Kier alpha value is -4.87. The third-order valence-electron chi connectivity index (χ3n) is 7.22. The van der Waals surface area contributed by atoms with Crippen molar-refractivity contribution in [2.24, 2.45) is 0 Å². The molecule has 192 valence electrons. The van der Waals surface area contributed by atoms with Crippen LogP contribution in [-0.4, -0.2) is 15.5 Å². The zero-order chi connectivity index (χ0) is 27.3. The fraction of sp³-hybridized carbons (Fsp3) is 0.129. The van der Waals surface area contributed by atoms with Gasteiger partial charge in [0.2, 0.25) is 0 Å². The molecule has 3 heterocycles. The number of benzene rings is 3. The van der Waals surface area contributed by atoms with Crippen molar-refractivity contribution < 1.29 is 4.79 Å². The zero-order valence-electron chi connectivity index (χ0n) is 21.6. The topological polar surface area (TPSA) is 123 Å². The van der Waals surface area contributed by atoms with Crippen LogP contribution in [0.3, 0.4) is 0 Å². The standard InChI is InChI=1S/C31H26N6OS/c1-3-17-9-11-18(12-10-17)25-22(16-32)29(34)36-31-26(25)27(33)28(39-31)30(38)35-19-13-14-24-21(15-19)20-7-5-6-8-23(20)37(24)4-2/h5-15H,3-4,33H2,1-2H3,(H2,34,36)(H,35,38). The van der Waals surface area contributed by atoms with E-state index >= 15 is 0 Å². The van der Waals surface area contributed by atoms with Crippen molar-refractivity contribution in [3.8, 4) is 17.2 Å². The van der Waals surface area contributed by atoms with Crippen LogP contribution in [-0.2, 0) is 13.0 Å². The third kappa shape index (κ3) is 3.87. The Kier molecular flexibility index (Phi) is 5.93. The number of fused-ring (bicyclic) bond motifs is 4. The largest absolute Gasteiger partial charge is 0.397 e. The minimum absolute atomic E-state index is 0.116. The fourth-order valence-corrected chi connectivity index (χ4v) is 6.31. The first-order chi connectivity index (χ1) is 18.9. The smallest absolute Gasteiger partial charge is 0.267 e. The van der Waals surface area contributed by atoms with E-state index in [1.807, 2.05) is 54.6 Å². The molecule has 0 radical (unpaired) electrons. The highest BCUT2D eigenvalue weighted by atomic mass is 32.1. The summed E-state index contributed by atoms with van der Waals surface area (Å²) in [4.78, 5) is 18.8. The summed E-state index contributed by atoms with van der Waals surface area (Å²) in [7, 11) is 0. The van der Waals surface area contributed by atoms with Crippen LogP contribution in [0.4, 0.5) is 17.2 Å². The average molecular weight is 531 g/mol. The molecule has 6 rings (SSSR count). The number of nitrogens with zero attached hydrogens (tertiary/aromatic N) is 3. The molecule has 0 bridgehead atoms. The van der Waals surface area contributed by atoms with Gasteiger partial charge in [0.15, 0.2) is 0 Å². The highest BCUT2D eigenvalue weighted by Crippen LogP contribution is 2.43. The van der Waals surface area contributed by atoms with Crippen LogP contribution in [0.25, 0.3) is 43.1 Å². The number of carbonyl (C=O) groups is 1. The van der Waals surface area contributed by atoms with E-state index in [1.165, 1.54) is 16.9 Å². The number of amides is 1. The van der Waals surface area contributed by atoms with Crippen molar-refractivity contribution in [2.75, 3.05) is 16.8 Å². The first-order valence-electron chi connectivity index (χ1n) is 12.8. The summed E-state index contributed by atoms with van der Waals surface area (Å²) in [6, 6.07) is 24.3. The van der Waals surface area contributed by atoms with E-state index in [9.17, 15) is 10.1 Å². The molecule has 39 heavy (non-hydrogen) atoms. The van der Waals surface area contributed by atoms with Crippen molar-refractivity contribution in [3.05, 3.63) is 82.7 Å². The maximum Gasteiger partial charge on any atom is 0.267 e. The molecule has 1 amide bonds. The van der Waals surface area contributed by atoms with Gasteiger partial charge < -0.3 is 21.4 Å². The van der Waals surface area contributed by atoms with Gasteiger partial charge in [-0.05, 0) is 48.7 Å². The zero-order valence-corrected chi connectivity index (χ0v) is 22.4. The summed E-state index contributed by atoms with van der Waals surface area (Å²) in [5.74, 6) is -0.219. The molecule has 6 aromatic rings. The number of nitriles is 1. The van der Waals surface area contributed by atoms with Gasteiger partial charge in [0.05, 0.1) is 5.69 Å². The number of nitrogens with two attached hydrogens (primary N) is 2. The van der Waals surface area contributed by atoms with E-state index < -0.39 is 0 Å². The van der Waals surface area contributed by atoms with Crippen molar-refractivity contribution in [3.63, 3.8) is 0 Å². The number of carbonyl (C=O) groups excluding carboxylic acids is 1. The Labute approximate surface area is 229 Å². The summed E-state index contributed by atoms with van der Waals surface area (Å²) in [6.45, 7) is 5.05. The summed E-state index contributed by atoms with van der Waals surface area (Å²) in [6.07, 6.45) is 0.898. The van der Waals surface area contributed by atoms with E-state index in [2.05, 4.69) is 46.9 Å². The second-order valence-electron chi connectivity index (χ2n) is 9.38. The number of pyridine rings is 1. The first-order valence-corrected chi connectivity index (χ1v) is 13.6. The Balaban J connectivity index is 1.44. The van der Waals surface area contributed by atoms with Gasteiger partial charge >= 0.3 is 0 Å². The summed E-state index contributed by atoms with van der Waals surface area (Å²) < 4.78 is 2.26. The number of rotatable bonds is 5. The number of hydrogen-bond acceptors (Lipinski definition) is 6. The van der Waals surface area contributed by atoms with Crippen LogP contribution < -0.4 is 16.8 Å². The van der Waals surface area contributed by atoms with Crippen molar-refractivity contribution in [1.29, 1.82) is 5.26 Å². The van der Waals surface area contributed by atoms with Crippen LogP contribution in [0.1, 0.15) is 34.6 Å². The molecule has 0 spiro atoms. The van der Waals surface area contributed by atoms with Crippen LogP contribution in [0, 0.1) is 11.3 Å². The van der Waals surface area contributed by atoms with E-state index in [0.717, 1.165) is 40.3 Å². The van der Waals surface area contributed by atoms with Crippen LogP contribution in [0.5, 0.6) is 0 Å². The maximum absolute atomic E-state index is 13.5. The Morgan fingerprint density at radius 1 is 1.03 bits per heavy atom. The molecule has 0 atom stereocenters. The molecule has 0 aliphatic heterocycles. The number of nitrogen functional groups attached to an aromatic ring is 2. The number of aromatic nitrogens is 2. The molecule has 0 saturated carbocycles. The SMILES string of the molecule is CCc1ccc(-c2c(C#N)c(N)nc3sc(C(=O)Nc4ccc5c(c4)c4ccccc4n5CC)c(N)c23)cc1. The number of para-hydroxylation sites is 1. The van der Waals surface area contributed by atoms with E-state index in [0.29, 0.717) is 26.3 Å². The average Bonchev–Trinajstić information content (AvgIpc) is 3.46. The minimum Gasteiger partial charge on any atom is -0.397 e. The molecule has 3 aromatic carbocycles. The third-order valence-corrected chi connectivity index (χ3v) is 8.32. The van der Waals surface area contributed by atoms with Gasteiger partial charge in [0.1, 0.15) is 27.2 Å². The second kappa shape index (κ2) is 9.46. The van der Waals surface area contributed by atoms with Crippen LogP contribution in [0.2, 0.25) is 0 Å². The maximum atomic E-state index is 13.5. The lowest BCUT2D eigenvalue weighted by Crippen LogP contribution is -2.12. The molecular formula is C31H26N6OS.